The summed E-state index contributed by atoms with van der Waals surface area (Å²) in [6, 6.07) is 7.35. The number of nitrogens with zero attached hydrogens (tertiary/aromatic N) is 1. The van der Waals surface area contributed by atoms with E-state index in [2.05, 4.69) is 5.32 Å². The zero-order chi connectivity index (χ0) is 13.0. The van der Waals surface area contributed by atoms with Crippen LogP contribution >= 0.6 is 0 Å². The molecule has 0 saturated carbocycles. The van der Waals surface area contributed by atoms with Crippen LogP contribution in [0.15, 0.2) is 18.2 Å². The minimum absolute atomic E-state index is 0.261. The fraction of sp³-hybridized carbons (Fsp3) is 0.462. The number of rotatable bonds is 4. The SMILES string of the molecule is COC1(CNc2ccc(C#N)c(N)c2)CCOC1. The van der Waals surface area contributed by atoms with Crippen molar-refractivity contribution in [1.29, 1.82) is 5.26 Å². The van der Waals surface area contributed by atoms with Gasteiger partial charge in [-0.05, 0) is 18.2 Å². The molecular formula is C13H17N3O2. The van der Waals surface area contributed by atoms with Gasteiger partial charge in [-0.25, -0.2) is 0 Å². The van der Waals surface area contributed by atoms with E-state index in [4.69, 9.17) is 20.5 Å². The molecule has 5 heteroatoms. The lowest BCUT2D eigenvalue weighted by atomic mass is 10.0. The van der Waals surface area contributed by atoms with Crippen molar-refractivity contribution in [2.45, 2.75) is 12.0 Å². The largest absolute Gasteiger partial charge is 0.398 e. The molecule has 0 radical (unpaired) electrons. The molecule has 1 saturated heterocycles. The van der Waals surface area contributed by atoms with Gasteiger partial charge < -0.3 is 20.5 Å². The zero-order valence-corrected chi connectivity index (χ0v) is 10.4. The van der Waals surface area contributed by atoms with Gasteiger partial charge in [-0.3, -0.25) is 0 Å². The number of hydrogen-bond donors (Lipinski definition) is 2. The predicted octanol–water partition coefficient (Wildman–Crippen LogP) is 1.36. The molecule has 18 heavy (non-hydrogen) atoms. The Kier molecular flexibility index (Phi) is 3.70. The third-order valence-electron chi connectivity index (χ3n) is 3.29. The summed E-state index contributed by atoms with van der Waals surface area (Å²) < 4.78 is 10.9. The summed E-state index contributed by atoms with van der Waals surface area (Å²) in [6.45, 7) is 1.99. The summed E-state index contributed by atoms with van der Waals surface area (Å²) in [6.07, 6.45) is 0.877. The van der Waals surface area contributed by atoms with Gasteiger partial charge >= 0.3 is 0 Å². The van der Waals surface area contributed by atoms with E-state index in [1.165, 1.54) is 0 Å². The summed E-state index contributed by atoms with van der Waals surface area (Å²) >= 11 is 0. The first-order valence-electron chi connectivity index (χ1n) is 5.85. The topological polar surface area (TPSA) is 80.3 Å². The maximum atomic E-state index is 8.80. The second-order valence-electron chi connectivity index (χ2n) is 4.46. The van der Waals surface area contributed by atoms with Crippen LogP contribution in [0.1, 0.15) is 12.0 Å². The van der Waals surface area contributed by atoms with Gasteiger partial charge in [-0.15, -0.1) is 0 Å². The van der Waals surface area contributed by atoms with Gasteiger partial charge in [0.2, 0.25) is 0 Å². The van der Waals surface area contributed by atoms with E-state index >= 15 is 0 Å². The molecule has 96 valence electrons. The van der Waals surface area contributed by atoms with Crippen LogP contribution in [0.4, 0.5) is 11.4 Å². The highest BCUT2D eigenvalue weighted by molar-refractivity contribution is 5.62. The van der Waals surface area contributed by atoms with Crippen molar-refractivity contribution in [3.8, 4) is 6.07 Å². The van der Waals surface area contributed by atoms with Gasteiger partial charge in [0.25, 0.3) is 0 Å². The van der Waals surface area contributed by atoms with Crippen LogP contribution in [-0.2, 0) is 9.47 Å². The first-order valence-corrected chi connectivity index (χ1v) is 5.85. The number of anilines is 2. The van der Waals surface area contributed by atoms with Crippen molar-refractivity contribution in [1.82, 2.24) is 0 Å². The molecule has 1 unspecified atom stereocenters. The first-order chi connectivity index (χ1) is 8.69. The summed E-state index contributed by atoms with van der Waals surface area (Å²) in [7, 11) is 1.70. The Morgan fingerprint density at radius 3 is 3.00 bits per heavy atom. The number of nitrogens with two attached hydrogens (primary N) is 1. The molecule has 1 aromatic rings. The van der Waals surface area contributed by atoms with Crippen LogP contribution in [0.2, 0.25) is 0 Å². The number of hydrogen-bond acceptors (Lipinski definition) is 5. The minimum Gasteiger partial charge on any atom is -0.398 e. The monoisotopic (exact) mass is 247 g/mol. The van der Waals surface area contributed by atoms with E-state index in [1.54, 1.807) is 19.2 Å². The maximum Gasteiger partial charge on any atom is 0.110 e. The van der Waals surface area contributed by atoms with E-state index in [0.717, 1.165) is 18.7 Å². The molecule has 0 aromatic heterocycles. The second-order valence-corrected chi connectivity index (χ2v) is 4.46. The Hall–Kier alpha value is -1.77. The summed E-state index contributed by atoms with van der Waals surface area (Å²) in [5, 5.41) is 12.1. The molecule has 0 amide bonds. The molecule has 1 fully saturated rings. The van der Waals surface area contributed by atoms with Crippen molar-refractivity contribution < 1.29 is 9.47 Å². The third-order valence-corrected chi connectivity index (χ3v) is 3.29. The van der Waals surface area contributed by atoms with Crippen molar-refractivity contribution >= 4 is 11.4 Å². The summed E-state index contributed by atoms with van der Waals surface area (Å²) in [5.74, 6) is 0. The fourth-order valence-electron chi connectivity index (χ4n) is 2.00. The highest BCUT2D eigenvalue weighted by atomic mass is 16.5. The molecule has 0 bridgehead atoms. The highest BCUT2D eigenvalue weighted by Gasteiger charge is 2.34. The quantitative estimate of drug-likeness (QED) is 0.785. The van der Waals surface area contributed by atoms with Crippen molar-refractivity contribution in [3.63, 3.8) is 0 Å². The summed E-state index contributed by atoms with van der Waals surface area (Å²) in [5.41, 5.74) is 7.36. The van der Waals surface area contributed by atoms with Gasteiger partial charge in [-0.2, -0.15) is 5.26 Å². The van der Waals surface area contributed by atoms with Crippen molar-refractivity contribution in [3.05, 3.63) is 23.8 Å². The van der Waals surface area contributed by atoms with E-state index in [0.29, 0.717) is 24.4 Å². The maximum absolute atomic E-state index is 8.80. The first kappa shape index (κ1) is 12.7. The van der Waals surface area contributed by atoms with E-state index < -0.39 is 0 Å². The second kappa shape index (κ2) is 5.25. The molecule has 1 heterocycles. The Morgan fingerprint density at radius 2 is 2.44 bits per heavy atom. The van der Waals surface area contributed by atoms with Crippen LogP contribution in [0.3, 0.4) is 0 Å². The van der Waals surface area contributed by atoms with Gasteiger partial charge in [-0.1, -0.05) is 0 Å². The predicted molar refractivity (Wildman–Crippen MR) is 69.2 cm³/mol. The number of nitrogen functional groups attached to an aromatic ring is 1. The summed E-state index contributed by atoms with van der Waals surface area (Å²) in [4.78, 5) is 0. The molecule has 3 N–H and O–H groups in total. The van der Waals surface area contributed by atoms with E-state index in [9.17, 15) is 0 Å². The zero-order valence-electron chi connectivity index (χ0n) is 10.4. The lowest BCUT2D eigenvalue weighted by molar-refractivity contribution is -0.00619. The molecule has 0 spiro atoms. The van der Waals surface area contributed by atoms with E-state index in [-0.39, 0.29) is 5.60 Å². The Balaban J connectivity index is 2.02. The van der Waals surface area contributed by atoms with Gasteiger partial charge in [0.1, 0.15) is 11.7 Å². The molecule has 0 aliphatic carbocycles. The van der Waals surface area contributed by atoms with Gasteiger partial charge in [0.15, 0.2) is 0 Å². The van der Waals surface area contributed by atoms with Crippen molar-refractivity contribution in [2.24, 2.45) is 0 Å². The van der Waals surface area contributed by atoms with Gasteiger partial charge in [0.05, 0.1) is 17.9 Å². The average Bonchev–Trinajstić information content (AvgIpc) is 2.86. The number of methoxy groups -OCH3 is 1. The Bertz CT molecular complexity index is 462. The third kappa shape index (κ3) is 2.55. The van der Waals surface area contributed by atoms with Crippen molar-refractivity contribution in [2.75, 3.05) is 37.9 Å². The molecule has 1 aliphatic rings. The molecule has 1 aromatic carbocycles. The van der Waals surface area contributed by atoms with E-state index in [1.807, 2.05) is 12.1 Å². The molecule has 2 rings (SSSR count). The minimum atomic E-state index is -0.261. The van der Waals surface area contributed by atoms with Crippen LogP contribution < -0.4 is 11.1 Å². The Labute approximate surface area is 106 Å². The Morgan fingerprint density at radius 1 is 1.61 bits per heavy atom. The number of nitriles is 1. The highest BCUT2D eigenvalue weighted by Crippen LogP contribution is 2.24. The molecule has 1 atom stereocenters. The normalized spacial score (nSPS) is 22.7. The lowest BCUT2D eigenvalue weighted by Crippen LogP contribution is -2.39. The molecule has 1 aliphatic heterocycles. The van der Waals surface area contributed by atoms with Crippen LogP contribution in [0.5, 0.6) is 0 Å². The number of nitrogens with one attached hydrogen (secondary N) is 1. The standard InChI is InChI=1S/C13H17N3O2/c1-17-13(4-5-18-9-13)8-16-11-3-2-10(7-14)12(15)6-11/h2-3,6,16H,4-5,8-9,15H2,1H3. The molecule has 5 nitrogen and oxygen atoms in total. The fourth-order valence-corrected chi connectivity index (χ4v) is 2.00. The van der Waals surface area contributed by atoms with Crippen LogP contribution in [-0.4, -0.2) is 32.5 Å². The lowest BCUT2D eigenvalue weighted by Gasteiger charge is -2.26. The number of benzene rings is 1. The van der Waals surface area contributed by atoms with Crippen LogP contribution in [0.25, 0.3) is 0 Å². The van der Waals surface area contributed by atoms with Gasteiger partial charge in [0, 0.05) is 32.4 Å². The number of ether oxygens (including phenoxy) is 2. The molecular weight excluding hydrogens is 230 g/mol. The smallest absolute Gasteiger partial charge is 0.110 e. The van der Waals surface area contributed by atoms with Crippen LogP contribution in [0, 0.1) is 11.3 Å². The average molecular weight is 247 g/mol.